The minimum atomic E-state index is -0.273. The molecular weight excluding hydrogens is 206 g/mol. The number of hydrogen-bond donors (Lipinski definition) is 0. The molecule has 0 spiro atoms. The quantitative estimate of drug-likeness (QED) is 0.506. The van der Waals surface area contributed by atoms with Crippen LogP contribution in [0.5, 0.6) is 0 Å². The number of carbonyl (C=O) groups is 1. The first-order valence-electron chi connectivity index (χ1n) is 6.09. The molecule has 1 saturated heterocycles. The summed E-state index contributed by atoms with van der Waals surface area (Å²) in [5, 5.41) is 0. The van der Waals surface area contributed by atoms with Gasteiger partial charge in [-0.2, -0.15) is 0 Å². The minimum Gasteiger partial charge on any atom is -0.464 e. The van der Waals surface area contributed by atoms with Gasteiger partial charge in [0.2, 0.25) is 0 Å². The van der Waals surface area contributed by atoms with Crippen molar-refractivity contribution in [1.82, 2.24) is 4.90 Å². The molecule has 0 aromatic heterocycles. The molecule has 4 heteroatoms. The molecule has 0 radical (unpaired) electrons. The molecule has 0 bridgehead atoms. The summed E-state index contributed by atoms with van der Waals surface area (Å²) >= 11 is 0. The Kier molecular flexibility index (Phi) is 5.77. The van der Waals surface area contributed by atoms with Gasteiger partial charge in [0, 0.05) is 19.6 Å². The van der Waals surface area contributed by atoms with Gasteiger partial charge in [-0.25, -0.2) is 4.79 Å². The van der Waals surface area contributed by atoms with Crippen molar-refractivity contribution in [1.29, 1.82) is 0 Å². The molecule has 0 amide bonds. The summed E-state index contributed by atoms with van der Waals surface area (Å²) in [4.78, 5) is 13.4. The van der Waals surface area contributed by atoms with Crippen molar-refractivity contribution in [2.24, 2.45) is 11.8 Å². The average molecular weight is 229 g/mol. The van der Waals surface area contributed by atoms with Crippen LogP contribution in [0.3, 0.4) is 0 Å². The maximum Gasteiger partial charge on any atom is 0.332 e. The summed E-state index contributed by atoms with van der Waals surface area (Å²) in [6, 6.07) is 0. The van der Waals surface area contributed by atoms with Crippen LogP contribution in [0.2, 0.25) is 0 Å². The van der Waals surface area contributed by atoms with Gasteiger partial charge in [0.1, 0.15) is 6.61 Å². The summed E-state index contributed by atoms with van der Waals surface area (Å²) in [5.74, 6) is 1.26. The highest BCUT2D eigenvalue weighted by Gasteiger charge is 2.25. The highest BCUT2D eigenvalue weighted by atomic mass is 16.6. The Balaban J connectivity index is 2.02. The Bertz CT molecular complexity index is 210. The molecule has 1 heterocycles. The molecule has 0 aromatic carbocycles. The largest absolute Gasteiger partial charge is 0.464 e. The normalized spacial score (nSPS) is 25.9. The smallest absolute Gasteiger partial charge is 0.332 e. The summed E-state index contributed by atoms with van der Waals surface area (Å²) < 4.78 is 10.0. The first kappa shape index (κ1) is 13.5. The highest BCUT2D eigenvalue weighted by molar-refractivity contribution is 5.70. The van der Waals surface area contributed by atoms with Crippen molar-refractivity contribution >= 4 is 5.97 Å². The van der Waals surface area contributed by atoms with Gasteiger partial charge in [-0.05, 0) is 18.8 Å². The minimum absolute atomic E-state index is 0.0762. The predicted molar refractivity (Wildman–Crippen MR) is 62.2 cm³/mol. The third-order valence-corrected chi connectivity index (χ3v) is 3.14. The van der Waals surface area contributed by atoms with Crippen LogP contribution >= 0.6 is 0 Å². The van der Waals surface area contributed by atoms with E-state index < -0.39 is 0 Å². The van der Waals surface area contributed by atoms with Crippen molar-refractivity contribution in [3.63, 3.8) is 0 Å². The van der Waals surface area contributed by atoms with Crippen molar-refractivity contribution < 1.29 is 14.3 Å². The number of esters is 1. The Morgan fingerprint density at radius 1 is 1.31 bits per heavy atom. The first-order chi connectivity index (χ1) is 7.63. The standard InChI is InChI=1S/C12H23NO3/c1-4-16-12(14)9-15-6-5-13-7-10(2)11(3)8-13/h10-11H,4-9H2,1-3H3. The predicted octanol–water partition coefficient (Wildman–Crippen LogP) is 1.15. The lowest BCUT2D eigenvalue weighted by atomic mass is 10.0. The zero-order valence-corrected chi connectivity index (χ0v) is 10.6. The van der Waals surface area contributed by atoms with Gasteiger partial charge >= 0.3 is 5.97 Å². The van der Waals surface area contributed by atoms with Crippen LogP contribution in [-0.2, 0) is 14.3 Å². The van der Waals surface area contributed by atoms with Gasteiger partial charge in [0.15, 0.2) is 0 Å². The van der Waals surface area contributed by atoms with E-state index in [0.29, 0.717) is 13.2 Å². The molecule has 0 aromatic rings. The summed E-state index contributed by atoms with van der Waals surface area (Å²) in [6.45, 7) is 10.7. The highest BCUT2D eigenvalue weighted by Crippen LogP contribution is 2.21. The molecule has 94 valence electrons. The molecule has 0 saturated carbocycles. The van der Waals surface area contributed by atoms with Crippen molar-refractivity contribution in [3.05, 3.63) is 0 Å². The lowest BCUT2D eigenvalue weighted by molar-refractivity contribution is -0.148. The van der Waals surface area contributed by atoms with Crippen molar-refractivity contribution in [2.75, 3.05) is 39.5 Å². The number of nitrogens with zero attached hydrogens (tertiary/aromatic N) is 1. The number of rotatable bonds is 6. The van der Waals surface area contributed by atoms with Crippen LogP contribution in [0, 0.1) is 11.8 Å². The number of likely N-dealkylation sites (tertiary alicyclic amines) is 1. The fourth-order valence-electron chi connectivity index (χ4n) is 1.98. The molecule has 2 atom stereocenters. The number of ether oxygens (including phenoxy) is 2. The molecule has 0 aliphatic carbocycles. The number of carbonyl (C=O) groups excluding carboxylic acids is 1. The van der Waals surface area contributed by atoms with Gasteiger partial charge in [0.05, 0.1) is 13.2 Å². The number of hydrogen-bond acceptors (Lipinski definition) is 4. The molecule has 2 unspecified atom stereocenters. The van der Waals surface area contributed by atoms with Gasteiger partial charge in [-0.3, -0.25) is 0 Å². The van der Waals surface area contributed by atoms with Crippen LogP contribution in [-0.4, -0.2) is 50.3 Å². The van der Waals surface area contributed by atoms with E-state index in [-0.39, 0.29) is 12.6 Å². The van der Waals surface area contributed by atoms with E-state index in [2.05, 4.69) is 18.7 Å². The Morgan fingerprint density at radius 3 is 2.50 bits per heavy atom. The zero-order valence-electron chi connectivity index (χ0n) is 10.6. The van der Waals surface area contributed by atoms with E-state index in [4.69, 9.17) is 9.47 Å². The Hall–Kier alpha value is -0.610. The van der Waals surface area contributed by atoms with E-state index in [1.54, 1.807) is 6.92 Å². The van der Waals surface area contributed by atoms with E-state index in [0.717, 1.165) is 31.5 Å². The van der Waals surface area contributed by atoms with E-state index in [1.807, 2.05) is 0 Å². The van der Waals surface area contributed by atoms with Gasteiger partial charge < -0.3 is 14.4 Å². The van der Waals surface area contributed by atoms with Gasteiger partial charge in [-0.15, -0.1) is 0 Å². The fourth-order valence-corrected chi connectivity index (χ4v) is 1.98. The zero-order chi connectivity index (χ0) is 12.0. The maximum absolute atomic E-state index is 11.0. The molecule has 1 fully saturated rings. The van der Waals surface area contributed by atoms with Crippen LogP contribution < -0.4 is 0 Å². The maximum atomic E-state index is 11.0. The molecule has 1 aliphatic heterocycles. The Morgan fingerprint density at radius 2 is 1.94 bits per heavy atom. The van der Waals surface area contributed by atoms with Crippen LogP contribution in [0.25, 0.3) is 0 Å². The summed E-state index contributed by atoms with van der Waals surface area (Å²) in [6.07, 6.45) is 0. The molecule has 4 nitrogen and oxygen atoms in total. The molecule has 0 N–H and O–H groups in total. The van der Waals surface area contributed by atoms with Crippen LogP contribution in [0.15, 0.2) is 0 Å². The monoisotopic (exact) mass is 229 g/mol. The second kappa shape index (κ2) is 6.86. The van der Waals surface area contributed by atoms with Crippen molar-refractivity contribution in [2.45, 2.75) is 20.8 Å². The van der Waals surface area contributed by atoms with E-state index in [1.165, 1.54) is 0 Å². The van der Waals surface area contributed by atoms with Crippen molar-refractivity contribution in [3.8, 4) is 0 Å². The second-order valence-electron chi connectivity index (χ2n) is 4.57. The first-order valence-corrected chi connectivity index (χ1v) is 6.09. The SMILES string of the molecule is CCOC(=O)COCCN1CC(C)C(C)C1. The lowest BCUT2D eigenvalue weighted by Crippen LogP contribution is -2.26. The topological polar surface area (TPSA) is 38.8 Å². The Labute approximate surface area is 97.9 Å². The summed E-state index contributed by atoms with van der Waals surface area (Å²) in [7, 11) is 0. The molecular formula is C12H23NO3. The van der Waals surface area contributed by atoms with Gasteiger partial charge in [-0.1, -0.05) is 13.8 Å². The third-order valence-electron chi connectivity index (χ3n) is 3.14. The van der Waals surface area contributed by atoms with Crippen LogP contribution in [0.1, 0.15) is 20.8 Å². The fraction of sp³-hybridized carbons (Fsp3) is 0.917. The molecule has 16 heavy (non-hydrogen) atoms. The third kappa shape index (κ3) is 4.49. The van der Waals surface area contributed by atoms with E-state index >= 15 is 0 Å². The van der Waals surface area contributed by atoms with Gasteiger partial charge in [0.25, 0.3) is 0 Å². The second-order valence-corrected chi connectivity index (χ2v) is 4.57. The van der Waals surface area contributed by atoms with E-state index in [9.17, 15) is 4.79 Å². The average Bonchev–Trinajstić information content (AvgIpc) is 2.54. The molecule has 1 rings (SSSR count). The summed E-state index contributed by atoms with van der Waals surface area (Å²) in [5.41, 5.74) is 0. The molecule has 1 aliphatic rings. The van der Waals surface area contributed by atoms with Crippen LogP contribution in [0.4, 0.5) is 0 Å². The lowest BCUT2D eigenvalue weighted by Gasteiger charge is -2.14.